The van der Waals surface area contributed by atoms with Gasteiger partial charge in [0.15, 0.2) is 11.5 Å². The maximum absolute atomic E-state index is 13.0. The number of alkyl halides is 6. The Morgan fingerprint density at radius 2 is 1.03 bits per heavy atom. The third kappa shape index (κ3) is 5.81. The van der Waals surface area contributed by atoms with E-state index in [4.69, 9.17) is 20.0 Å². The predicted octanol–water partition coefficient (Wildman–Crippen LogP) is 5.81. The van der Waals surface area contributed by atoms with Crippen LogP contribution in [0.15, 0.2) is 82.2 Å². The van der Waals surface area contributed by atoms with Crippen LogP contribution in [-0.4, -0.2) is 11.4 Å². The van der Waals surface area contributed by atoms with Crippen LogP contribution in [0.2, 0.25) is 0 Å². The van der Waals surface area contributed by atoms with Crippen LogP contribution in [0.4, 0.5) is 26.3 Å². The molecule has 0 radical (unpaired) electrons. The van der Waals surface area contributed by atoms with E-state index in [9.17, 15) is 26.3 Å². The molecule has 0 aromatic heterocycles. The van der Waals surface area contributed by atoms with Gasteiger partial charge in [0, 0.05) is 12.2 Å². The van der Waals surface area contributed by atoms with Gasteiger partial charge in [0.1, 0.15) is 22.9 Å². The molecule has 2 aromatic rings. The first-order chi connectivity index (χ1) is 16.0. The number of benzene rings is 2. The van der Waals surface area contributed by atoms with Crippen LogP contribution in [-0.2, 0) is 12.4 Å². The molecule has 0 fully saturated rings. The van der Waals surface area contributed by atoms with Crippen LogP contribution in [0, 0.1) is 22.9 Å². The standard InChI is InChI=1S/C22H10F6N4O2/c23-21(24,25)13-3-1-5-15(7-13)33-19-9-18(32-12-30)20(10-17(19)31-11-29)34-16-6-2-4-14(8-16)22(26,27)28/h1-10H. The summed E-state index contributed by atoms with van der Waals surface area (Å²) in [6.07, 6.45) is -4.19. The average Bonchev–Trinajstić information content (AvgIpc) is 2.76. The van der Waals surface area contributed by atoms with Gasteiger partial charge in [-0.15, -0.1) is 0 Å². The number of ether oxygens (including phenoxy) is 2. The van der Waals surface area contributed by atoms with Gasteiger partial charge in [-0.05, 0) is 36.4 Å². The predicted molar refractivity (Wildman–Crippen MR) is 106 cm³/mol. The van der Waals surface area contributed by atoms with Crippen LogP contribution < -0.4 is 9.47 Å². The number of halogens is 6. The van der Waals surface area contributed by atoms with Crippen molar-refractivity contribution in [2.45, 2.75) is 12.4 Å². The largest absolute Gasteiger partial charge is 0.455 e. The van der Waals surface area contributed by atoms with E-state index in [2.05, 4.69) is 9.98 Å². The molecule has 0 saturated heterocycles. The summed E-state index contributed by atoms with van der Waals surface area (Å²) in [5, 5.41) is 18.0. The lowest BCUT2D eigenvalue weighted by atomic mass is 10.1. The van der Waals surface area contributed by atoms with Crippen molar-refractivity contribution in [3.63, 3.8) is 0 Å². The molecule has 0 atom stereocenters. The number of nitrogens with zero attached hydrogens (tertiary/aromatic N) is 4. The lowest BCUT2D eigenvalue weighted by molar-refractivity contribution is -0.138. The highest BCUT2D eigenvalue weighted by Gasteiger charge is 2.32. The fraction of sp³-hybridized carbons (Fsp3) is 0.0909. The highest BCUT2D eigenvalue weighted by atomic mass is 19.4. The molecule has 1 aliphatic carbocycles. The van der Waals surface area contributed by atoms with Gasteiger partial charge in [0.25, 0.3) is 0 Å². The van der Waals surface area contributed by atoms with Gasteiger partial charge in [0.2, 0.25) is 12.4 Å². The summed E-state index contributed by atoms with van der Waals surface area (Å²) in [5.74, 6) is -0.991. The first-order valence-corrected chi connectivity index (χ1v) is 9.09. The first kappa shape index (κ1) is 24.1. The quantitative estimate of drug-likeness (QED) is 0.317. The summed E-state index contributed by atoms with van der Waals surface area (Å²) in [7, 11) is 0. The zero-order valence-electron chi connectivity index (χ0n) is 16.6. The highest BCUT2D eigenvalue weighted by Crippen LogP contribution is 2.33. The van der Waals surface area contributed by atoms with Crippen molar-refractivity contribution in [2.24, 2.45) is 9.98 Å². The summed E-state index contributed by atoms with van der Waals surface area (Å²) in [4.78, 5) is 7.02. The lowest BCUT2D eigenvalue weighted by Gasteiger charge is -2.18. The Labute approximate surface area is 188 Å². The number of aliphatic imine (C=N–C) groups is 2. The van der Waals surface area contributed by atoms with Gasteiger partial charge in [-0.2, -0.15) is 46.9 Å². The average molecular weight is 476 g/mol. The van der Waals surface area contributed by atoms with Crippen molar-refractivity contribution in [1.82, 2.24) is 0 Å². The monoisotopic (exact) mass is 476 g/mol. The molecule has 2 aromatic carbocycles. The van der Waals surface area contributed by atoms with Crippen LogP contribution in [0.5, 0.6) is 11.5 Å². The summed E-state index contributed by atoms with van der Waals surface area (Å²) in [5.41, 5.74) is -2.43. The molecular formula is C22H10F6N4O2. The zero-order valence-corrected chi connectivity index (χ0v) is 16.6. The van der Waals surface area contributed by atoms with E-state index in [-0.39, 0.29) is 34.4 Å². The molecule has 12 heteroatoms. The normalized spacial score (nSPS) is 16.4. The number of allylic oxidation sites excluding steroid dienone is 2. The Morgan fingerprint density at radius 3 is 1.35 bits per heavy atom. The minimum Gasteiger partial charge on any atom is -0.455 e. The van der Waals surface area contributed by atoms with Crippen molar-refractivity contribution in [2.75, 3.05) is 0 Å². The molecule has 0 aliphatic heterocycles. The molecule has 0 unspecified atom stereocenters. The Hall–Kier alpha value is -4.58. The van der Waals surface area contributed by atoms with E-state index < -0.39 is 23.5 Å². The molecule has 0 saturated carbocycles. The summed E-state index contributed by atoms with van der Waals surface area (Å²) in [6.45, 7) is 0. The third-order valence-electron chi connectivity index (χ3n) is 4.16. The van der Waals surface area contributed by atoms with E-state index in [1.807, 2.05) is 0 Å². The van der Waals surface area contributed by atoms with Gasteiger partial charge < -0.3 is 9.47 Å². The molecule has 0 bridgehead atoms. The van der Waals surface area contributed by atoms with Crippen molar-refractivity contribution in [3.05, 3.63) is 83.3 Å². The minimum absolute atomic E-state index is 0.223. The first-order valence-electron chi connectivity index (χ1n) is 9.09. The molecule has 6 nitrogen and oxygen atoms in total. The van der Waals surface area contributed by atoms with E-state index in [1.54, 1.807) is 0 Å². The van der Waals surface area contributed by atoms with Crippen LogP contribution >= 0.6 is 0 Å². The Kier molecular flexibility index (Phi) is 6.73. The number of hydrogen-bond acceptors (Lipinski definition) is 6. The SMILES string of the molecule is N#CN=C1C=C(Oc2cccc(C(F)(F)F)c2)C(=NC#N)C=C1Oc1cccc(C(F)(F)F)c1. The molecule has 0 spiro atoms. The summed E-state index contributed by atoms with van der Waals surface area (Å²) < 4.78 is 88.7. The van der Waals surface area contributed by atoms with Gasteiger partial charge in [0.05, 0.1) is 11.1 Å². The molecule has 0 N–H and O–H groups in total. The molecular weight excluding hydrogens is 466 g/mol. The van der Waals surface area contributed by atoms with E-state index in [1.165, 1.54) is 24.5 Å². The van der Waals surface area contributed by atoms with Gasteiger partial charge in [-0.3, -0.25) is 0 Å². The fourth-order valence-electron chi connectivity index (χ4n) is 2.71. The summed E-state index contributed by atoms with van der Waals surface area (Å²) >= 11 is 0. The zero-order chi connectivity index (χ0) is 24.9. The van der Waals surface area contributed by atoms with Crippen molar-refractivity contribution in [1.29, 1.82) is 10.5 Å². The van der Waals surface area contributed by atoms with Crippen LogP contribution in [0.25, 0.3) is 0 Å². The highest BCUT2D eigenvalue weighted by molar-refractivity contribution is 6.22. The molecule has 1 aliphatic rings. The number of rotatable bonds is 4. The maximum Gasteiger partial charge on any atom is 0.416 e. The van der Waals surface area contributed by atoms with Crippen LogP contribution in [0.1, 0.15) is 11.1 Å². The number of hydrogen-bond donors (Lipinski definition) is 0. The van der Waals surface area contributed by atoms with E-state index in [0.717, 1.165) is 36.4 Å². The molecule has 34 heavy (non-hydrogen) atoms. The maximum atomic E-state index is 13.0. The Morgan fingerprint density at radius 1 is 0.647 bits per heavy atom. The number of nitriles is 2. The molecule has 3 rings (SSSR count). The third-order valence-corrected chi connectivity index (χ3v) is 4.16. The van der Waals surface area contributed by atoms with Gasteiger partial charge in [-0.1, -0.05) is 12.1 Å². The molecule has 0 heterocycles. The smallest absolute Gasteiger partial charge is 0.416 e. The molecule has 172 valence electrons. The van der Waals surface area contributed by atoms with Gasteiger partial charge in [-0.25, -0.2) is 0 Å². The molecule has 0 amide bonds. The van der Waals surface area contributed by atoms with Gasteiger partial charge >= 0.3 is 12.4 Å². The Bertz CT molecular complexity index is 1210. The van der Waals surface area contributed by atoms with E-state index >= 15 is 0 Å². The topological polar surface area (TPSA) is 90.8 Å². The minimum atomic E-state index is -4.64. The van der Waals surface area contributed by atoms with Crippen molar-refractivity contribution < 1.29 is 35.8 Å². The fourth-order valence-corrected chi connectivity index (χ4v) is 2.71. The Balaban J connectivity index is 1.97. The van der Waals surface area contributed by atoms with Crippen molar-refractivity contribution in [3.8, 4) is 23.9 Å². The van der Waals surface area contributed by atoms with Crippen LogP contribution in [0.3, 0.4) is 0 Å². The van der Waals surface area contributed by atoms with Crippen molar-refractivity contribution >= 4 is 11.4 Å². The second-order valence-corrected chi connectivity index (χ2v) is 6.47. The van der Waals surface area contributed by atoms with E-state index in [0.29, 0.717) is 12.1 Å². The lowest BCUT2D eigenvalue weighted by Crippen LogP contribution is -2.20. The second kappa shape index (κ2) is 9.50. The second-order valence-electron chi connectivity index (χ2n) is 6.47. The summed E-state index contributed by atoms with van der Waals surface area (Å²) in [6, 6.07) is 7.73.